The highest BCUT2D eigenvalue weighted by Crippen LogP contribution is 2.29. The lowest BCUT2D eigenvalue weighted by molar-refractivity contribution is 0.216. The molecule has 0 aliphatic heterocycles. The minimum absolute atomic E-state index is 0.218. The highest BCUT2D eigenvalue weighted by Gasteiger charge is 2.18. The Bertz CT molecular complexity index is 773. The molecule has 0 amide bonds. The Morgan fingerprint density at radius 1 is 1.15 bits per heavy atom. The van der Waals surface area contributed by atoms with E-state index in [0.717, 1.165) is 22.8 Å². The van der Waals surface area contributed by atoms with Crippen LogP contribution in [0, 0.1) is 12.7 Å². The van der Waals surface area contributed by atoms with Gasteiger partial charge in [0.1, 0.15) is 11.9 Å². The van der Waals surface area contributed by atoms with Gasteiger partial charge in [0, 0.05) is 22.8 Å². The van der Waals surface area contributed by atoms with Crippen molar-refractivity contribution in [1.29, 1.82) is 0 Å². The van der Waals surface area contributed by atoms with Gasteiger partial charge in [-0.1, -0.05) is 18.2 Å². The van der Waals surface area contributed by atoms with E-state index < -0.39 is 11.9 Å². The molecule has 1 N–H and O–H groups in total. The molecular weight excluding hydrogens is 255 g/mol. The van der Waals surface area contributed by atoms with Gasteiger partial charge in [-0.15, -0.1) is 0 Å². The highest BCUT2D eigenvalue weighted by molar-refractivity contribution is 5.83. The zero-order valence-corrected chi connectivity index (χ0v) is 10.9. The van der Waals surface area contributed by atoms with Crippen LogP contribution in [0.5, 0.6) is 0 Å². The van der Waals surface area contributed by atoms with Crippen LogP contribution in [0.25, 0.3) is 10.9 Å². The third-order valence-corrected chi connectivity index (χ3v) is 3.27. The summed E-state index contributed by atoms with van der Waals surface area (Å²) in [5.74, 6) is -0.515. The summed E-state index contributed by atoms with van der Waals surface area (Å²) in [5.41, 5.74) is 2.44. The summed E-state index contributed by atoms with van der Waals surface area (Å²) in [5, 5.41) is 11.3. The number of aliphatic hydroxyl groups excluding tert-OH is 1. The lowest BCUT2D eigenvalue weighted by Gasteiger charge is -2.15. The van der Waals surface area contributed by atoms with Crippen LogP contribution < -0.4 is 0 Å². The molecule has 0 fully saturated rings. The van der Waals surface area contributed by atoms with E-state index in [1.807, 2.05) is 31.2 Å². The lowest BCUT2D eigenvalue weighted by atomic mass is 9.98. The number of hydrogen-bond donors (Lipinski definition) is 1. The number of aryl methyl sites for hydroxylation is 1. The summed E-state index contributed by atoms with van der Waals surface area (Å²) in [6, 6.07) is 10.8. The second kappa shape index (κ2) is 4.98. The molecule has 0 aliphatic carbocycles. The smallest absolute Gasteiger partial charge is 0.147 e. The van der Waals surface area contributed by atoms with Crippen LogP contribution >= 0.6 is 0 Å². The molecule has 100 valence electrons. The second-order valence-electron chi connectivity index (χ2n) is 4.67. The Hall–Kier alpha value is -2.33. The molecule has 1 aromatic carbocycles. The summed E-state index contributed by atoms with van der Waals surface area (Å²) in [6.45, 7) is 1.85. The maximum absolute atomic E-state index is 13.8. The summed E-state index contributed by atoms with van der Waals surface area (Å²) < 4.78 is 13.8. The molecule has 0 radical (unpaired) electrons. The van der Waals surface area contributed by atoms with E-state index >= 15 is 0 Å². The quantitative estimate of drug-likeness (QED) is 0.776. The molecule has 0 saturated carbocycles. The van der Waals surface area contributed by atoms with Crippen molar-refractivity contribution >= 4 is 10.9 Å². The van der Waals surface area contributed by atoms with Crippen molar-refractivity contribution in [1.82, 2.24) is 9.97 Å². The van der Waals surface area contributed by atoms with Crippen LogP contribution in [0.15, 0.2) is 48.8 Å². The number of aromatic nitrogens is 2. The number of aliphatic hydroxyl groups is 1. The first-order chi connectivity index (χ1) is 9.66. The maximum atomic E-state index is 13.8. The molecular formula is C16H13FN2O. The van der Waals surface area contributed by atoms with E-state index in [0.29, 0.717) is 5.56 Å². The van der Waals surface area contributed by atoms with Gasteiger partial charge in [-0.2, -0.15) is 0 Å². The Balaban J connectivity index is 2.21. The van der Waals surface area contributed by atoms with Gasteiger partial charge < -0.3 is 5.11 Å². The van der Waals surface area contributed by atoms with Crippen molar-refractivity contribution in [2.24, 2.45) is 0 Å². The molecule has 0 aliphatic rings. The van der Waals surface area contributed by atoms with E-state index in [-0.39, 0.29) is 5.56 Å². The van der Waals surface area contributed by atoms with E-state index in [4.69, 9.17) is 0 Å². The molecule has 0 spiro atoms. The molecule has 2 heterocycles. The Morgan fingerprint density at radius 3 is 2.75 bits per heavy atom. The number of hydrogen-bond acceptors (Lipinski definition) is 3. The standard InChI is InChI=1S/C16H13FN2O/c1-10-8-13(11-4-2-3-5-15(11)19-10)16(20)12-6-7-18-9-14(12)17/h2-9,16,20H,1H3. The predicted molar refractivity (Wildman–Crippen MR) is 74.7 cm³/mol. The van der Waals surface area contributed by atoms with Gasteiger partial charge in [0.05, 0.1) is 11.7 Å². The first-order valence-corrected chi connectivity index (χ1v) is 6.30. The van der Waals surface area contributed by atoms with Gasteiger partial charge >= 0.3 is 0 Å². The molecule has 1 unspecified atom stereocenters. The number of nitrogens with zero attached hydrogens (tertiary/aromatic N) is 2. The van der Waals surface area contributed by atoms with Crippen LogP contribution in [0.1, 0.15) is 22.9 Å². The molecule has 3 nitrogen and oxygen atoms in total. The average Bonchev–Trinajstić information content (AvgIpc) is 2.46. The summed E-state index contributed by atoms with van der Waals surface area (Å²) in [4.78, 5) is 8.12. The maximum Gasteiger partial charge on any atom is 0.147 e. The van der Waals surface area contributed by atoms with Crippen molar-refractivity contribution < 1.29 is 9.50 Å². The van der Waals surface area contributed by atoms with E-state index in [1.165, 1.54) is 12.3 Å². The van der Waals surface area contributed by atoms with Crippen molar-refractivity contribution in [2.75, 3.05) is 0 Å². The number of benzene rings is 1. The number of rotatable bonds is 2. The van der Waals surface area contributed by atoms with Crippen LogP contribution in [-0.2, 0) is 0 Å². The number of halogens is 1. The van der Waals surface area contributed by atoms with Crippen molar-refractivity contribution in [3.63, 3.8) is 0 Å². The topological polar surface area (TPSA) is 46.0 Å². The average molecular weight is 268 g/mol. The largest absolute Gasteiger partial charge is 0.384 e. The first-order valence-electron chi connectivity index (χ1n) is 6.30. The molecule has 0 bridgehead atoms. The third kappa shape index (κ3) is 2.14. The number of pyridine rings is 2. The zero-order chi connectivity index (χ0) is 14.1. The first kappa shape index (κ1) is 12.7. The van der Waals surface area contributed by atoms with Gasteiger partial charge in [-0.25, -0.2) is 4.39 Å². The minimum atomic E-state index is -1.04. The SMILES string of the molecule is Cc1cc(C(O)c2ccncc2F)c2ccccc2n1. The molecule has 1 atom stereocenters. The van der Waals surface area contributed by atoms with Gasteiger partial charge in [0.2, 0.25) is 0 Å². The highest BCUT2D eigenvalue weighted by atomic mass is 19.1. The molecule has 2 aromatic heterocycles. The second-order valence-corrected chi connectivity index (χ2v) is 4.67. The number of fused-ring (bicyclic) bond motifs is 1. The minimum Gasteiger partial charge on any atom is -0.384 e. The number of para-hydroxylation sites is 1. The molecule has 0 saturated heterocycles. The third-order valence-electron chi connectivity index (χ3n) is 3.27. The van der Waals surface area contributed by atoms with Crippen LogP contribution in [0.2, 0.25) is 0 Å². The summed E-state index contributed by atoms with van der Waals surface area (Å²) >= 11 is 0. The van der Waals surface area contributed by atoms with Crippen LogP contribution in [-0.4, -0.2) is 15.1 Å². The van der Waals surface area contributed by atoms with Crippen molar-refractivity contribution in [3.8, 4) is 0 Å². The normalized spacial score (nSPS) is 12.6. The Kier molecular flexibility index (Phi) is 3.16. The molecule has 3 rings (SSSR count). The van der Waals surface area contributed by atoms with E-state index in [1.54, 1.807) is 6.07 Å². The fourth-order valence-corrected chi connectivity index (χ4v) is 2.34. The van der Waals surface area contributed by atoms with Crippen molar-refractivity contribution in [3.05, 3.63) is 71.4 Å². The predicted octanol–water partition coefficient (Wildman–Crippen LogP) is 3.16. The molecule has 20 heavy (non-hydrogen) atoms. The fourth-order valence-electron chi connectivity index (χ4n) is 2.34. The van der Waals surface area contributed by atoms with E-state index in [2.05, 4.69) is 9.97 Å². The van der Waals surface area contributed by atoms with Gasteiger partial charge in [-0.05, 0) is 30.7 Å². The van der Waals surface area contributed by atoms with Gasteiger partial charge in [0.15, 0.2) is 0 Å². The monoisotopic (exact) mass is 268 g/mol. The zero-order valence-electron chi connectivity index (χ0n) is 10.9. The fraction of sp³-hybridized carbons (Fsp3) is 0.125. The summed E-state index contributed by atoms with van der Waals surface area (Å²) in [7, 11) is 0. The van der Waals surface area contributed by atoms with Crippen LogP contribution in [0.3, 0.4) is 0 Å². The Morgan fingerprint density at radius 2 is 1.95 bits per heavy atom. The van der Waals surface area contributed by atoms with Gasteiger partial charge in [0.25, 0.3) is 0 Å². The molecule has 3 aromatic rings. The summed E-state index contributed by atoms with van der Waals surface area (Å²) in [6.07, 6.45) is 1.54. The lowest BCUT2D eigenvalue weighted by Crippen LogP contribution is -2.05. The van der Waals surface area contributed by atoms with Crippen LogP contribution in [0.4, 0.5) is 4.39 Å². The Labute approximate surface area is 115 Å². The van der Waals surface area contributed by atoms with Gasteiger partial charge in [-0.3, -0.25) is 9.97 Å². The van der Waals surface area contributed by atoms with E-state index in [9.17, 15) is 9.50 Å². The molecule has 4 heteroatoms. The van der Waals surface area contributed by atoms with Crippen molar-refractivity contribution in [2.45, 2.75) is 13.0 Å².